The SMILES string of the molecule is Cc1c(C(=O)N2CCCCC2)c(C(F)(F)F)nn1C(C)C. The lowest BCUT2D eigenvalue weighted by molar-refractivity contribution is -0.142. The number of aromatic nitrogens is 2. The van der Waals surface area contributed by atoms with Crippen molar-refractivity contribution in [1.82, 2.24) is 14.7 Å². The summed E-state index contributed by atoms with van der Waals surface area (Å²) in [6.07, 6.45) is -1.93. The molecule has 0 N–H and O–H groups in total. The van der Waals surface area contributed by atoms with Gasteiger partial charge in [0.25, 0.3) is 5.91 Å². The molecular weight excluding hydrogens is 283 g/mol. The maximum atomic E-state index is 13.2. The van der Waals surface area contributed by atoms with Crippen LogP contribution < -0.4 is 0 Å². The van der Waals surface area contributed by atoms with E-state index in [9.17, 15) is 18.0 Å². The van der Waals surface area contributed by atoms with Gasteiger partial charge in [0, 0.05) is 24.8 Å². The van der Waals surface area contributed by atoms with E-state index in [-0.39, 0.29) is 17.3 Å². The van der Waals surface area contributed by atoms with E-state index in [1.54, 1.807) is 13.8 Å². The van der Waals surface area contributed by atoms with Gasteiger partial charge in [0.2, 0.25) is 0 Å². The van der Waals surface area contributed by atoms with Crippen LogP contribution in [-0.4, -0.2) is 33.7 Å². The number of alkyl halides is 3. The number of amides is 1. The lowest BCUT2D eigenvalue weighted by Crippen LogP contribution is -2.36. The summed E-state index contributed by atoms with van der Waals surface area (Å²) in [5.74, 6) is -0.550. The van der Waals surface area contributed by atoms with Crippen molar-refractivity contribution >= 4 is 5.91 Å². The van der Waals surface area contributed by atoms with E-state index < -0.39 is 17.8 Å². The summed E-state index contributed by atoms with van der Waals surface area (Å²) < 4.78 is 40.8. The Morgan fingerprint density at radius 2 is 1.76 bits per heavy atom. The Morgan fingerprint density at radius 3 is 2.24 bits per heavy atom. The van der Waals surface area contributed by atoms with Gasteiger partial charge in [0.1, 0.15) is 0 Å². The summed E-state index contributed by atoms with van der Waals surface area (Å²) in [6.45, 7) is 6.05. The molecule has 118 valence electrons. The largest absolute Gasteiger partial charge is 0.435 e. The van der Waals surface area contributed by atoms with Crippen molar-refractivity contribution in [3.63, 3.8) is 0 Å². The van der Waals surface area contributed by atoms with Gasteiger partial charge >= 0.3 is 6.18 Å². The number of piperidine rings is 1. The number of nitrogens with zero attached hydrogens (tertiary/aromatic N) is 3. The molecule has 0 saturated carbocycles. The first-order valence-corrected chi connectivity index (χ1v) is 7.19. The molecule has 2 heterocycles. The van der Waals surface area contributed by atoms with Gasteiger partial charge in [-0.3, -0.25) is 9.48 Å². The first-order valence-electron chi connectivity index (χ1n) is 7.19. The molecule has 4 nitrogen and oxygen atoms in total. The predicted molar refractivity (Wildman–Crippen MR) is 72.1 cm³/mol. The number of carbonyl (C=O) groups is 1. The van der Waals surface area contributed by atoms with Gasteiger partial charge in [-0.05, 0) is 40.0 Å². The molecule has 1 aliphatic heterocycles. The second-order valence-corrected chi connectivity index (χ2v) is 5.70. The van der Waals surface area contributed by atoms with E-state index in [1.807, 2.05) is 0 Å². The minimum Gasteiger partial charge on any atom is -0.339 e. The van der Waals surface area contributed by atoms with Crippen LogP contribution in [-0.2, 0) is 6.18 Å². The van der Waals surface area contributed by atoms with Crippen molar-refractivity contribution < 1.29 is 18.0 Å². The highest BCUT2D eigenvalue weighted by Gasteiger charge is 2.42. The normalized spacial score (nSPS) is 16.6. The third-order valence-corrected chi connectivity index (χ3v) is 3.76. The monoisotopic (exact) mass is 303 g/mol. The van der Waals surface area contributed by atoms with Crippen molar-refractivity contribution in [1.29, 1.82) is 0 Å². The van der Waals surface area contributed by atoms with Gasteiger partial charge < -0.3 is 4.90 Å². The molecule has 0 radical (unpaired) electrons. The molecule has 1 aromatic heterocycles. The molecule has 0 aromatic carbocycles. The molecule has 1 aromatic rings. The smallest absolute Gasteiger partial charge is 0.339 e. The molecule has 0 atom stereocenters. The van der Waals surface area contributed by atoms with Gasteiger partial charge in [-0.1, -0.05) is 0 Å². The predicted octanol–water partition coefficient (Wildman–Crippen LogP) is 3.42. The summed E-state index contributed by atoms with van der Waals surface area (Å²) in [5.41, 5.74) is -1.07. The van der Waals surface area contributed by atoms with Crippen LogP contribution in [0.5, 0.6) is 0 Å². The highest BCUT2D eigenvalue weighted by atomic mass is 19.4. The third-order valence-electron chi connectivity index (χ3n) is 3.76. The van der Waals surface area contributed by atoms with E-state index in [1.165, 1.54) is 16.5 Å². The second kappa shape index (κ2) is 5.69. The van der Waals surface area contributed by atoms with Crippen LogP contribution in [0.15, 0.2) is 0 Å². The molecule has 1 saturated heterocycles. The van der Waals surface area contributed by atoms with E-state index in [2.05, 4.69) is 5.10 Å². The molecule has 0 spiro atoms. The summed E-state index contributed by atoms with van der Waals surface area (Å²) in [7, 11) is 0. The number of hydrogen-bond donors (Lipinski definition) is 0. The summed E-state index contributed by atoms with van der Waals surface area (Å²) >= 11 is 0. The fourth-order valence-corrected chi connectivity index (χ4v) is 2.73. The molecule has 0 aliphatic carbocycles. The zero-order valence-corrected chi connectivity index (χ0v) is 12.5. The van der Waals surface area contributed by atoms with Gasteiger partial charge in [-0.2, -0.15) is 18.3 Å². The Bertz CT molecular complexity index is 528. The highest BCUT2D eigenvalue weighted by Crippen LogP contribution is 2.34. The Kier molecular flexibility index (Phi) is 4.30. The van der Waals surface area contributed by atoms with Crippen LogP contribution in [0, 0.1) is 6.92 Å². The van der Waals surface area contributed by atoms with E-state index >= 15 is 0 Å². The van der Waals surface area contributed by atoms with Crippen LogP contribution >= 0.6 is 0 Å². The Labute approximate surface area is 121 Å². The van der Waals surface area contributed by atoms with Crippen molar-refractivity contribution in [2.45, 2.75) is 52.3 Å². The van der Waals surface area contributed by atoms with Crippen LogP contribution in [0.25, 0.3) is 0 Å². The first kappa shape index (κ1) is 15.9. The number of likely N-dealkylation sites (tertiary alicyclic amines) is 1. The number of hydrogen-bond acceptors (Lipinski definition) is 2. The number of halogens is 3. The summed E-state index contributed by atoms with van der Waals surface area (Å²) in [6, 6.07) is -0.228. The molecule has 0 bridgehead atoms. The van der Waals surface area contributed by atoms with E-state index in [4.69, 9.17) is 0 Å². The van der Waals surface area contributed by atoms with Crippen LogP contribution in [0.4, 0.5) is 13.2 Å². The standard InChI is InChI=1S/C14H20F3N3O/c1-9(2)20-10(3)11(12(18-20)14(15,16)17)13(21)19-7-5-4-6-8-19/h9H,4-8H2,1-3H3. The van der Waals surface area contributed by atoms with Crippen LogP contribution in [0.1, 0.15) is 60.9 Å². The average molecular weight is 303 g/mol. The van der Waals surface area contributed by atoms with Gasteiger partial charge in [-0.25, -0.2) is 0 Å². The first-order chi connectivity index (χ1) is 9.73. The van der Waals surface area contributed by atoms with Gasteiger partial charge in [-0.15, -0.1) is 0 Å². The fraction of sp³-hybridized carbons (Fsp3) is 0.714. The summed E-state index contributed by atoms with van der Waals surface area (Å²) in [4.78, 5) is 14.0. The van der Waals surface area contributed by atoms with Crippen molar-refractivity contribution in [3.05, 3.63) is 17.0 Å². The molecule has 1 fully saturated rings. The van der Waals surface area contributed by atoms with Crippen molar-refractivity contribution in [2.24, 2.45) is 0 Å². The van der Waals surface area contributed by atoms with Crippen LogP contribution in [0.3, 0.4) is 0 Å². The lowest BCUT2D eigenvalue weighted by atomic mass is 10.1. The van der Waals surface area contributed by atoms with Crippen LogP contribution in [0.2, 0.25) is 0 Å². The molecular formula is C14H20F3N3O. The Balaban J connectivity index is 2.47. The minimum absolute atomic E-state index is 0.228. The topological polar surface area (TPSA) is 38.1 Å². The van der Waals surface area contributed by atoms with Crippen molar-refractivity contribution in [3.8, 4) is 0 Å². The molecule has 1 amide bonds. The van der Waals surface area contributed by atoms with Gasteiger partial charge in [0.15, 0.2) is 5.69 Å². The zero-order valence-electron chi connectivity index (χ0n) is 12.5. The summed E-state index contributed by atoms with van der Waals surface area (Å²) in [5, 5.41) is 3.64. The highest BCUT2D eigenvalue weighted by molar-refractivity contribution is 5.96. The lowest BCUT2D eigenvalue weighted by Gasteiger charge is -2.27. The average Bonchev–Trinajstić information content (AvgIpc) is 2.76. The molecule has 21 heavy (non-hydrogen) atoms. The number of rotatable bonds is 2. The van der Waals surface area contributed by atoms with E-state index in [0.29, 0.717) is 13.1 Å². The molecule has 1 aliphatic rings. The third kappa shape index (κ3) is 3.06. The Morgan fingerprint density at radius 1 is 1.19 bits per heavy atom. The number of carbonyl (C=O) groups excluding carboxylic acids is 1. The maximum absolute atomic E-state index is 13.2. The second-order valence-electron chi connectivity index (χ2n) is 5.70. The quantitative estimate of drug-likeness (QED) is 0.839. The Hall–Kier alpha value is -1.53. The van der Waals surface area contributed by atoms with Crippen molar-refractivity contribution in [2.75, 3.05) is 13.1 Å². The van der Waals surface area contributed by atoms with E-state index in [0.717, 1.165) is 19.3 Å². The molecule has 0 unspecified atom stereocenters. The maximum Gasteiger partial charge on any atom is 0.435 e. The fourth-order valence-electron chi connectivity index (χ4n) is 2.73. The molecule has 2 rings (SSSR count). The minimum atomic E-state index is -4.62. The molecule has 7 heteroatoms. The van der Waals surface area contributed by atoms with Gasteiger partial charge in [0.05, 0.1) is 5.56 Å². The zero-order chi connectivity index (χ0) is 15.8.